The van der Waals surface area contributed by atoms with E-state index in [1.165, 1.54) is 6.92 Å². The summed E-state index contributed by atoms with van der Waals surface area (Å²) < 4.78 is 4.54. The topological polar surface area (TPSA) is 72.5 Å². The fourth-order valence-electron chi connectivity index (χ4n) is 0.435. The summed E-state index contributed by atoms with van der Waals surface area (Å²) in [6.07, 6.45) is -0.848. The molecule has 0 amide bonds. The maximum Gasteiger partial charge on any atom is 0.325 e. The lowest BCUT2D eigenvalue weighted by Crippen LogP contribution is -2.41. The first-order valence-electron chi connectivity index (χ1n) is 3.19. The summed E-state index contributed by atoms with van der Waals surface area (Å²) in [6.45, 7) is 3.42. The maximum absolute atomic E-state index is 10.7. The highest BCUT2D eigenvalue weighted by atomic mass is 35.5. The van der Waals surface area contributed by atoms with Crippen LogP contribution in [-0.2, 0) is 9.53 Å². The molecule has 4 nitrogen and oxygen atoms in total. The zero-order valence-electron chi connectivity index (χ0n) is 6.61. The molecule has 0 radical (unpaired) electrons. The van der Waals surface area contributed by atoms with Gasteiger partial charge in [0.2, 0.25) is 0 Å². The number of aliphatic hydroxyl groups is 1. The smallest absolute Gasteiger partial charge is 0.325 e. The molecule has 0 aliphatic heterocycles. The van der Waals surface area contributed by atoms with E-state index in [-0.39, 0.29) is 12.4 Å². The minimum absolute atomic E-state index is 0. The third kappa shape index (κ3) is 5.01. The van der Waals surface area contributed by atoms with E-state index in [0.717, 1.165) is 0 Å². The molecule has 0 aliphatic rings. The molecule has 0 aromatic carbocycles. The van der Waals surface area contributed by atoms with E-state index in [1.54, 1.807) is 6.92 Å². The molecule has 68 valence electrons. The van der Waals surface area contributed by atoms with Gasteiger partial charge < -0.3 is 15.6 Å². The van der Waals surface area contributed by atoms with E-state index in [9.17, 15) is 4.79 Å². The number of ether oxygens (including phenoxy) is 1. The molecule has 0 saturated heterocycles. The fourth-order valence-corrected chi connectivity index (χ4v) is 0.435. The van der Waals surface area contributed by atoms with Gasteiger partial charge in [0.25, 0.3) is 0 Å². The van der Waals surface area contributed by atoms with Crippen LogP contribution in [0.15, 0.2) is 0 Å². The second-order valence-corrected chi connectivity index (χ2v) is 2.02. The van der Waals surface area contributed by atoms with Gasteiger partial charge >= 0.3 is 5.97 Å². The van der Waals surface area contributed by atoms with Crippen molar-refractivity contribution in [1.29, 1.82) is 0 Å². The van der Waals surface area contributed by atoms with Crippen LogP contribution in [0.5, 0.6) is 0 Å². The van der Waals surface area contributed by atoms with E-state index >= 15 is 0 Å². The van der Waals surface area contributed by atoms with E-state index < -0.39 is 18.1 Å². The van der Waals surface area contributed by atoms with Crippen LogP contribution in [0.2, 0.25) is 0 Å². The zero-order chi connectivity index (χ0) is 8.15. The number of carbonyl (C=O) groups is 1. The van der Waals surface area contributed by atoms with Gasteiger partial charge in [-0.1, -0.05) is 0 Å². The Morgan fingerprint density at radius 1 is 1.73 bits per heavy atom. The van der Waals surface area contributed by atoms with Crippen LogP contribution in [0.1, 0.15) is 13.8 Å². The summed E-state index contributed by atoms with van der Waals surface area (Å²) >= 11 is 0. The SMILES string of the molecule is CCOC(=O)[C@H](N)[C@@H](C)O.Cl. The van der Waals surface area contributed by atoms with Crippen molar-refractivity contribution >= 4 is 18.4 Å². The minimum atomic E-state index is -0.917. The molecule has 0 fully saturated rings. The predicted molar refractivity (Wildman–Crippen MR) is 43.5 cm³/mol. The predicted octanol–water partition coefficient (Wildman–Crippen LogP) is -0.321. The number of esters is 1. The van der Waals surface area contributed by atoms with Crippen LogP contribution < -0.4 is 5.73 Å². The minimum Gasteiger partial charge on any atom is -0.465 e. The quantitative estimate of drug-likeness (QED) is 0.589. The fraction of sp³-hybridized carbons (Fsp3) is 0.833. The van der Waals surface area contributed by atoms with Gasteiger partial charge in [-0.15, -0.1) is 12.4 Å². The van der Waals surface area contributed by atoms with Gasteiger partial charge in [-0.2, -0.15) is 0 Å². The van der Waals surface area contributed by atoms with E-state index in [2.05, 4.69) is 4.74 Å². The van der Waals surface area contributed by atoms with Crippen LogP contribution in [-0.4, -0.2) is 29.8 Å². The third-order valence-corrected chi connectivity index (χ3v) is 1.08. The standard InChI is InChI=1S/C6H13NO3.ClH/c1-3-10-6(9)5(7)4(2)8;/h4-5,8H,3,7H2,1-2H3;1H/t4-,5-;/m1./s1. The highest BCUT2D eigenvalue weighted by Gasteiger charge is 2.19. The maximum atomic E-state index is 10.7. The molecule has 0 heterocycles. The second kappa shape index (κ2) is 6.39. The van der Waals surface area contributed by atoms with Crippen LogP contribution in [0.25, 0.3) is 0 Å². The summed E-state index contributed by atoms with van der Waals surface area (Å²) in [4.78, 5) is 10.7. The Morgan fingerprint density at radius 2 is 2.18 bits per heavy atom. The Labute approximate surface area is 72.1 Å². The van der Waals surface area contributed by atoms with Gasteiger partial charge in [0, 0.05) is 0 Å². The van der Waals surface area contributed by atoms with Crippen molar-refractivity contribution in [2.45, 2.75) is 26.0 Å². The lowest BCUT2D eigenvalue weighted by molar-refractivity contribution is -0.147. The number of nitrogens with two attached hydrogens (primary N) is 1. The first kappa shape index (κ1) is 13.3. The molecule has 2 atom stereocenters. The molecular formula is C6H14ClNO3. The number of halogens is 1. The third-order valence-electron chi connectivity index (χ3n) is 1.08. The van der Waals surface area contributed by atoms with Crippen LogP contribution in [0, 0.1) is 0 Å². The van der Waals surface area contributed by atoms with Crippen molar-refractivity contribution in [3.63, 3.8) is 0 Å². The summed E-state index contributed by atoms with van der Waals surface area (Å²) in [5, 5.41) is 8.79. The Morgan fingerprint density at radius 3 is 2.45 bits per heavy atom. The van der Waals surface area contributed by atoms with Crippen LogP contribution in [0.3, 0.4) is 0 Å². The Kier molecular flexibility index (Phi) is 7.72. The van der Waals surface area contributed by atoms with Crippen molar-refractivity contribution in [1.82, 2.24) is 0 Å². The van der Waals surface area contributed by atoms with Gasteiger partial charge in [0.1, 0.15) is 6.04 Å². The number of hydrogen-bond donors (Lipinski definition) is 2. The molecule has 0 saturated carbocycles. The van der Waals surface area contributed by atoms with Gasteiger partial charge in [-0.25, -0.2) is 0 Å². The van der Waals surface area contributed by atoms with Crippen LogP contribution >= 0.6 is 12.4 Å². The molecule has 0 unspecified atom stereocenters. The molecule has 0 aromatic rings. The van der Waals surface area contributed by atoms with Gasteiger partial charge in [0.15, 0.2) is 0 Å². The Bertz CT molecular complexity index is 118. The molecule has 3 N–H and O–H groups in total. The molecule has 11 heavy (non-hydrogen) atoms. The normalized spacial score (nSPS) is 14.5. The molecule has 0 aromatic heterocycles. The molecule has 0 spiro atoms. The lowest BCUT2D eigenvalue weighted by atomic mass is 10.2. The highest BCUT2D eigenvalue weighted by molar-refractivity contribution is 5.85. The van der Waals surface area contributed by atoms with Gasteiger partial charge in [-0.3, -0.25) is 4.79 Å². The summed E-state index contributed by atoms with van der Waals surface area (Å²) in [6, 6.07) is -0.917. The van der Waals surface area contributed by atoms with Crippen molar-refractivity contribution in [2.24, 2.45) is 5.73 Å². The van der Waals surface area contributed by atoms with E-state index in [4.69, 9.17) is 10.8 Å². The second-order valence-electron chi connectivity index (χ2n) is 2.02. The molecular weight excluding hydrogens is 170 g/mol. The number of rotatable bonds is 3. The van der Waals surface area contributed by atoms with Crippen molar-refractivity contribution in [3.8, 4) is 0 Å². The Hall–Kier alpha value is -0.320. The van der Waals surface area contributed by atoms with Crippen LogP contribution in [0.4, 0.5) is 0 Å². The monoisotopic (exact) mass is 183 g/mol. The zero-order valence-corrected chi connectivity index (χ0v) is 7.43. The summed E-state index contributed by atoms with van der Waals surface area (Å²) in [7, 11) is 0. The number of hydrogen-bond acceptors (Lipinski definition) is 4. The van der Waals surface area contributed by atoms with Gasteiger partial charge in [0.05, 0.1) is 12.7 Å². The summed E-state index contributed by atoms with van der Waals surface area (Å²) in [5.41, 5.74) is 5.22. The number of carbonyl (C=O) groups excluding carboxylic acids is 1. The summed E-state index contributed by atoms with van der Waals surface area (Å²) in [5.74, 6) is -0.558. The molecule has 5 heteroatoms. The van der Waals surface area contributed by atoms with Gasteiger partial charge in [-0.05, 0) is 13.8 Å². The number of aliphatic hydroxyl groups excluding tert-OH is 1. The van der Waals surface area contributed by atoms with E-state index in [0.29, 0.717) is 6.61 Å². The Balaban J connectivity index is 0. The molecule has 0 rings (SSSR count). The largest absolute Gasteiger partial charge is 0.465 e. The average molecular weight is 184 g/mol. The van der Waals surface area contributed by atoms with Crippen molar-refractivity contribution < 1.29 is 14.6 Å². The highest BCUT2D eigenvalue weighted by Crippen LogP contribution is 1.91. The molecule has 0 bridgehead atoms. The van der Waals surface area contributed by atoms with Crippen molar-refractivity contribution in [3.05, 3.63) is 0 Å². The first-order chi connectivity index (χ1) is 4.59. The van der Waals surface area contributed by atoms with Crippen molar-refractivity contribution in [2.75, 3.05) is 6.61 Å². The lowest BCUT2D eigenvalue weighted by Gasteiger charge is -2.11. The van der Waals surface area contributed by atoms with E-state index in [1.807, 2.05) is 0 Å². The first-order valence-corrected chi connectivity index (χ1v) is 3.19. The molecule has 0 aliphatic carbocycles. The average Bonchev–Trinajstić information content (AvgIpc) is 1.87.